The number of thiophene rings is 1. The van der Waals surface area contributed by atoms with E-state index in [1.807, 2.05) is 12.1 Å². The summed E-state index contributed by atoms with van der Waals surface area (Å²) in [4.78, 5) is 0.278. The van der Waals surface area contributed by atoms with Crippen LogP contribution in [0, 0.1) is 0 Å². The number of hydrogen-bond acceptors (Lipinski definition) is 2. The number of rotatable bonds is 4. The second kappa shape index (κ2) is 6.03. The summed E-state index contributed by atoms with van der Waals surface area (Å²) in [6.07, 6.45) is 0.974. The van der Waals surface area contributed by atoms with Crippen LogP contribution < -0.4 is 4.74 Å². The molecule has 0 fully saturated rings. The Labute approximate surface area is 122 Å². The van der Waals surface area contributed by atoms with Crippen molar-refractivity contribution >= 4 is 43.2 Å². The fourth-order valence-corrected chi connectivity index (χ4v) is 3.44. The molecule has 1 nitrogen and oxygen atoms in total. The summed E-state index contributed by atoms with van der Waals surface area (Å²) >= 11 is 8.92. The van der Waals surface area contributed by atoms with Crippen LogP contribution in [0.15, 0.2) is 39.5 Å². The molecule has 0 N–H and O–H groups in total. The van der Waals surface area contributed by atoms with E-state index in [0.29, 0.717) is 0 Å². The number of ether oxygens (including phenoxy) is 1. The van der Waals surface area contributed by atoms with E-state index in [4.69, 9.17) is 4.74 Å². The van der Waals surface area contributed by atoms with Crippen molar-refractivity contribution in [2.24, 2.45) is 0 Å². The molecule has 0 aliphatic carbocycles. The quantitative estimate of drug-likeness (QED) is 0.667. The third kappa shape index (κ3) is 3.33. The molecule has 1 heterocycles. The highest BCUT2D eigenvalue weighted by Gasteiger charge is 2.14. The largest absolute Gasteiger partial charge is 0.496 e. The number of alkyl halides is 1. The van der Waals surface area contributed by atoms with Crippen molar-refractivity contribution in [3.63, 3.8) is 0 Å². The summed E-state index contributed by atoms with van der Waals surface area (Å²) in [5.41, 5.74) is 2.53. The molecule has 1 aromatic heterocycles. The first kappa shape index (κ1) is 13.1. The molecule has 1 aromatic carbocycles. The molecule has 0 radical (unpaired) electrons. The fraction of sp³-hybridized carbons (Fsp3) is 0.231. The van der Waals surface area contributed by atoms with E-state index in [9.17, 15) is 0 Å². The van der Waals surface area contributed by atoms with Crippen molar-refractivity contribution < 1.29 is 4.74 Å². The van der Waals surface area contributed by atoms with Crippen LogP contribution in [0.1, 0.15) is 16.0 Å². The van der Waals surface area contributed by atoms with Gasteiger partial charge in [-0.3, -0.25) is 0 Å². The van der Waals surface area contributed by atoms with Crippen molar-refractivity contribution in [2.45, 2.75) is 11.2 Å². The molecule has 90 valence electrons. The van der Waals surface area contributed by atoms with Crippen LogP contribution in [-0.2, 0) is 6.42 Å². The van der Waals surface area contributed by atoms with Gasteiger partial charge < -0.3 is 4.74 Å². The van der Waals surface area contributed by atoms with Crippen molar-refractivity contribution in [1.29, 1.82) is 0 Å². The molecule has 0 amide bonds. The zero-order valence-corrected chi connectivity index (χ0v) is 13.3. The molecule has 17 heavy (non-hydrogen) atoms. The molecule has 1 unspecified atom stereocenters. The second-order valence-corrected chi connectivity index (χ2v) is 6.49. The molecule has 0 saturated heterocycles. The molecule has 1 atom stereocenters. The van der Waals surface area contributed by atoms with Gasteiger partial charge in [-0.2, -0.15) is 11.3 Å². The average molecular weight is 376 g/mol. The summed E-state index contributed by atoms with van der Waals surface area (Å²) in [5.74, 6) is 0.913. The second-order valence-electron chi connectivity index (χ2n) is 3.69. The lowest BCUT2D eigenvalue weighted by atomic mass is 10.1. The Morgan fingerprint density at radius 1 is 1.35 bits per heavy atom. The van der Waals surface area contributed by atoms with Crippen molar-refractivity contribution in [3.8, 4) is 5.75 Å². The molecular weight excluding hydrogens is 364 g/mol. The topological polar surface area (TPSA) is 9.23 Å². The van der Waals surface area contributed by atoms with Crippen LogP contribution in [0.5, 0.6) is 5.75 Å². The maximum Gasteiger partial charge on any atom is 0.124 e. The number of hydrogen-bond donors (Lipinski definition) is 0. The minimum absolute atomic E-state index is 0.278. The van der Waals surface area contributed by atoms with Gasteiger partial charge in [0, 0.05) is 14.9 Å². The summed E-state index contributed by atoms with van der Waals surface area (Å²) in [6, 6.07) is 8.29. The monoisotopic (exact) mass is 374 g/mol. The zero-order valence-electron chi connectivity index (χ0n) is 9.32. The fourth-order valence-electron chi connectivity index (χ4n) is 1.67. The van der Waals surface area contributed by atoms with Gasteiger partial charge in [-0.05, 0) is 40.9 Å². The summed E-state index contributed by atoms with van der Waals surface area (Å²) in [6.45, 7) is 0. The van der Waals surface area contributed by atoms with Crippen molar-refractivity contribution in [3.05, 3.63) is 50.6 Å². The lowest BCUT2D eigenvalue weighted by Gasteiger charge is -2.14. The van der Waals surface area contributed by atoms with Crippen LogP contribution in [0.4, 0.5) is 0 Å². The average Bonchev–Trinajstić information content (AvgIpc) is 2.81. The third-order valence-corrected chi connectivity index (χ3v) is 4.57. The number of benzene rings is 1. The molecular formula is C13H12Br2OS. The summed E-state index contributed by atoms with van der Waals surface area (Å²) in [7, 11) is 1.70. The minimum atomic E-state index is 0.278. The standard InChI is InChI=1S/C13H12Br2OS/c1-16-13-7-10(14)2-3-11(13)12(15)6-9-4-5-17-8-9/h2-5,7-8,12H,6H2,1H3. The van der Waals surface area contributed by atoms with Crippen LogP contribution in [0.25, 0.3) is 0 Å². The first-order valence-electron chi connectivity index (χ1n) is 5.19. The molecule has 0 bridgehead atoms. The molecule has 0 saturated carbocycles. The van der Waals surface area contributed by atoms with Crippen LogP contribution in [0.3, 0.4) is 0 Å². The Bertz CT molecular complexity index is 482. The summed E-state index contributed by atoms with van der Waals surface area (Å²) < 4.78 is 6.44. The van der Waals surface area contributed by atoms with Gasteiger partial charge in [0.05, 0.1) is 7.11 Å². The predicted molar refractivity (Wildman–Crippen MR) is 80.4 cm³/mol. The van der Waals surface area contributed by atoms with Crippen molar-refractivity contribution in [1.82, 2.24) is 0 Å². The van der Waals surface area contributed by atoms with E-state index in [1.165, 1.54) is 11.1 Å². The van der Waals surface area contributed by atoms with Gasteiger partial charge in [0.1, 0.15) is 5.75 Å². The molecule has 2 rings (SSSR count). The first-order valence-corrected chi connectivity index (χ1v) is 7.84. The van der Waals surface area contributed by atoms with Gasteiger partial charge in [0.25, 0.3) is 0 Å². The number of methoxy groups -OCH3 is 1. The lowest BCUT2D eigenvalue weighted by Crippen LogP contribution is -1.98. The Hall–Kier alpha value is -0.320. The van der Waals surface area contributed by atoms with Crippen molar-refractivity contribution in [2.75, 3.05) is 7.11 Å². The normalized spacial score (nSPS) is 12.4. The van der Waals surface area contributed by atoms with E-state index in [-0.39, 0.29) is 4.83 Å². The molecule has 0 aliphatic heterocycles. The molecule has 0 aliphatic rings. The van der Waals surface area contributed by atoms with E-state index in [0.717, 1.165) is 16.6 Å². The van der Waals surface area contributed by atoms with Gasteiger partial charge in [-0.1, -0.05) is 37.9 Å². The van der Waals surface area contributed by atoms with E-state index in [2.05, 4.69) is 54.8 Å². The minimum Gasteiger partial charge on any atom is -0.496 e. The van der Waals surface area contributed by atoms with Gasteiger partial charge in [0.2, 0.25) is 0 Å². The van der Waals surface area contributed by atoms with Crippen LogP contribution in [-0.4, -0.2) is 7.11 Å². The van der Waals surface area contributed by atoms with E-state index < -0.39 is 0 Å². The van der Waals surface area contributed by atoms with E-state index in [1.54, 1.807) is 18.4 Å². The molecule has 2 aromatic rings. The lowest BCUT2D eigenvalue weighted by molar-refractivity contribution is 0.409. The SMILES string of the molecule is COc1cc(Br)ccc1C(Br)Cc1ccsc1. The van der Waals surface area contributed by atoms with Gasteiger partial charge >= 0.3 is 0 Å². The van der Waals surface area contributed by atoms with E-state index >= 15 is 0 Å². The van der Waals surface area contributed by atoms with Gasteiger partial charge in [-0.15, -0.1) is 0 Å². The molecule has 0 spiro atoms. The number of halogens is 2. The molecule has 4 heteroatoms. The Balaban J connectivity index is 2.21. The maximum absolute atomic E-state index is 5.41. The third-order valence-electron chi connectivity index (χ3n) is 2.53. The Morgan fingerprint density at radius 2 is 2.18 bits per heavy atom. The highest BCUT2D eigenvalue weighted by atomic mass is 79.9. The van der Waals surface area contributed by atoms with Crippen LogP contribution >= 0.6 is 43.2 Å². The smallest absolute Gasteiger partial charge is 0.124 e. The maximum atomic E-state index is 5.41. The summed E-state index contributed by atoms with van der Waals surface area (Å²) in [5, 5.41) is 4.29. The first-order chi connectivity index (χ1) is 8.20. The Morgan fingerprint density at radius 3 is 2.82 bits per heavy atom. The highest BCUT2D eigenvalue weighted by molar-refractivity contribution is 9.10. The van der Waals surface area contributed by atoms with Gasteiger partial charge in [-0.25, -0.2) is 0 Å². The van der Waals surface area contributed by atoms with Gasteiger partial charge in [0.15, 0.2) is 0 Å². The Kier molecular flexibility index (Phi) is 4.65. The highest BCUT2D eigenvalue weighted by Crippen LogP contribution is 2.35. The predicted octanol–water partition coefficient (Wildman–Crippen LogP) is 5.20. The van der Waals surface area contributed by atoms with Crippen LogP contribution in [0.2, 0.25) is 0 Å². The zero-order chi connectivity index (χ0) is 12.3.